The monoisotopic (exact) mass is 253 g/mol. The van der Waals surface area contributed by atoms with Crippen molar-refractivity contribution in [1.29, 1.82) is 0 Å². The topological polar surface area (TPSA) is 12.9 Å². The van der Waals surface area contributed by atoms with Crippen molar-refractivity contribution in [3.63, 3.8) is 0 Å². The van der Waals surface area contributed by atoms with Gasteiger partial charge < -0.3 is 12.9 Å². The van der Waals surface area contributed by atoms with E-state index in [-0.39, 0.29) is 56.5 Å². The molecule has 0 atom stereocenters. The Kier molecular flexibility index (Phi) is 5.85. The van der Waals surface area contributed by atoms with Crippen molar-refractivity contribution >= 4 is 35.6 Å². The smallest absolute Gasteiger partial charge is 0.445 e. The van der Waals surface area contributed by atoms with E-state index in [0.717, 1.165) is 12.1 Å². The third-order valence-corrected chi connectivity index (χ3v) is 1.71. The first kappa shape index (κ1) is 14.2. The second-order valence-corrected chi connectivity index (χ2v) is 2.83. The molecule has 13 heavy (non-hydrogen) atoms. The minimum atomic E-state index is -5.10. The summed E-state index contributed by atoms with van der Waals surface area (Å²) in [6, 6.07) is 1.87. The van der Waals surface area contributed by atoms with Crippen molar-refractivity contribution < 1.29 is 64.3 Å². The van der Waals surface area contributed by atoms with E-state index >= 15 is 0 Å². The number of halogens is 5. The minimum absolute atomic E-state index is 0. The Labute approximate surface area is 125 Å². The predicted octanol–water partition coefficient (Wildman–Crippen LogP) is -0.553. The molecule has 0 fully saturated rings. The molecule has 0 saturated heterocycles. The van der Waals surface area contributed by atoms with E-state index in [0.29, 0.717) is 0 Å². The standard InChI is InChI=1S/C5H2BCl2F3N.K/c7-4-2-1-3(5(8)12-4)6(9,10)11;/h1-2H;/q-1;+1. The first-order chi connectivity index (χ1) is 5.41. The summed E-state index contributed by atoms with van der Waals surface area (Å²) < 4.78 is 36.2. The molecule has 66 valence electrons. The van der Waals surface area contributed by atoms with Crippen molar-refractivity contribution in [2.45, 2.75) is 0 Å². The summed E-state index contributed by atoms with van der Waals surface area (Å²) >= 11 is 10.5. The van der Waals surface area contributed by atoms with E-state index in [1.54, 1.807) is 0 Å². The molecule has 8 heteroatoms. The van der Waals surface area contributed by atoms with Crippen molar-refractivity contribution in [2.75, 3.05) is 0 Å². The van der Waals surface area contributed by atoms with E-state index in [9.17, 15) is 12.9 Å². The van der Waals surface area contributed by atoms with Crippen molar-refractivity contribution in [2.24, 2.45) is 0 Å². The summed E-state index contributed by atoms with van der Waals surface area (Å²) in [4.78, 5) is 3.27. The van der Waals surface area contributed by atoms with Crippen LogP contribution in [0.15, 0.2) is 12.1 Å². The molecule has 0 radical (unpaired) electrons. The number of hydrogen-bond acceptors (Lipinski definition) is 1. The van der Waals surface area contributed by atoms with Crippen LogP contribution in [-0.2, 0) is 0 Å². The molecular formula is C5H2BCl2F3KN. The number of rotatable bonds is 1. The Morgan fingerprint density at radius 1 is 1.15 bits per heavy atom. The molecule has 0 saturated carbocycles. The van der Waals surface area contributed by atoms with Crippen LogP contribution in [0, 0.1) is 0 Å². The largest absolute Gasteiger partial charge is 1.00 e. The average molecular weight is 254 g/mol. The zero-order valence-electron chi connectivity index (χ0n) is 6.57. The van der Waals surface area contributed by atoms with Gasteiger partial charge in [0.25, 0.3) is 0 Å². The Balaban J connectivity index is 0.00000144. The van der Waals surface area contributed by atoms with Gasteiger partial charge in [-0.3, -0.25) is 0 Å². The fourth-order valence-electron chi connectivity index (χ4n) is 0.667. The van der Waals surface area contributed by atoms with Gasteiger partial charge in [-0.2, -0.15) is 0 Å². The maximum atomic E-state index is 12.1. The summed E-state index contributed by atoms with van der Waals surface area (Å²) in [5.41, 5.74) is -0.916. The van der Waals surface area contributed by atoms with Gasteiger partial charge in [0.15, 0.2) is 0 Å². The Morgan fingerprint density at radius 3 is 2.08 bits per heavy atom. The molecule has 0 unspecified atom stereocenters. The molecule has 0 amide bonds. The molecule has 1 nitrogen and oxygen atoms in total. The van der Waals surface area contributed by atoms with Crippen LogP contribution < -0.4 is 56.8 Å². The van der Waals surface area contributed by atoms with Gasteiger partial charge >= 0.3 is 58.4 Å². The van der Waals surface area contributed by atoms with E-state index in [1.165, 1.54) is 0 Å². The predicted molar refractivity (Wildman–Crippen MR) is 43.0 cm³/mol. The van der Waals surface area contributed by atoms with Crippen LogP contribution >= 0.6 is 23.2 Å². The van der Waals surface area contributed by atoms with E-state index in [4.69, 9.17) is 23.2 Å². The van der Waals surface area contributed by atoms with Gasteiger partial charge in [-0.25, -0.2) is 4.98 Å². The van der Waals surface area contributed by atoms with E-state index in [2.05, 4.69) is 4.98 Å². The third kappa shape index (κ3) is 4.07. The molecule has 1 aromatic rings. The van der Waals surface area contributed by atoms with Crippen molar-refractivity contribution in [3.8, 4) is 0 Å². The fraction of sp³-hybridized carbons (Fsp3) is 0. The first-order valence-electron chi connectivity index (χ1n) is 2.93. The Hall–Kier alpha value is 1.22. The average Bonchev–Trinajstić information content (AvgIpc) is 1.83. The number of nitrogens with zero attached hydrogens (tertiary/aromatic N) is 1. The van der Waals surface area contributed by atoms with Crippen molar-refractivity contribution in [1.82, 2.24) is 4.98 Å². The normalized spacial score (nSPS) is 10.8. The quantitative estimate of drug-likeness (QED) is 0.484. The molecule has 0 N–H and O–H groups in total. The summed E-state index contributed by atoms with van der Waals surface area (Å²) in [6.07, 6.45) is 0. The van der Waals surface area contributed by atoms with Gasteiger partial charge in [-0.05, 0) is 6.07 Å². The summed E-state index contributed by atoms with van der Waals surface area (Å²) in [5, 5.41) is -0.654. The van der Waals surface area contributed by atoms with Crippen LogP contribution in [0.2, 0.25) is 10.3 Å². The molecule has 1 rings (SSSR count). The second-order valence-electron chi connectivity index (χ2n) is 2.09. The van der Waals surface area contributed by atoms with Gasteiger partial charge in [0, 0.05) is 0 Å². The Bertz CT molecular complexity index is 306. The summed E-state index contributed by atoms with van der Waals surface area (Å²) in [7, 11) is 0. The summed E-state index contributed by atoms with van der Waals surface area (Å²) in [6.45, 7) is -5.10. The van der Waals surface area contributed by atoms with Crippen LogP contribution in [-0.4, -0.2) is 12.0 Å². The first-order valence-corrected chi connectivity index (χ1v) is 3.69. The number of pyridine rings is 1. The molecule has 0 aliphatic rings. The Morgan fingerprint density at radius 2 is 1.69 bits per heavy atom. The summed E-state index contributed by atoms with van der Waals surface area (Å²) in [5.74, 6) is 0. The van der Waals surface area contributed by atoms with Gasteiger partial charge in [0.2, 0.25) is 0 Å². The molecular weight excluding hydrogens is 252 g/mol. The zero-order valence-corrected chi connectivity index (χ0v) is 11.2. The van der Waals surface area contributed by atoms with E-state index < -0.39 is 17.6 Å². The van der Waals surface area contributed by atoms with E-state index in [1.807, 2.05) is 0 Å². The maximum Gasteiger partial charge on any atom is 1.00 e. The molecule has 0 aliphatic heterocycles. The molecule has 1 heterocycles. The van der Waals surface area contributed by atoms with Crippen LogP contribution in [0.4, 0.5) is 12.9 Å². The van der Waals surface area contributed by atoms with Gasteiger partial charge in [-0.15, -0.1) is 0 Å². The van der Waals surface area contributed by atoms with Crippen LogP contribution in [0.25, 0.3) is 0 Å². The molecule has 0 spiro atoms. The van der Waals surface area contributed by atoms with Gasteiger partial charge in [-0.1, -0.05) is 34.7 Å². The molecule has 0 bridgehead atoms. The molecule has 0 aromatic carbocycles. The van der Waals surface area contributed by atoms with Crippen molar-refractivity contribution in [3.05, 3.63) is 22.4 Å². The SMILES string of the molecule is F[B-](F)(F)c1ccc(Cl)nc1Cl.[K+]. The minimum Gasteiger partial charge on any atom is -0.445 e. The van der Waals surface area contributed by atoms with Gasteiger partial charge in [0.1, 0.15) is 10.3 Å². The van der Waals surface area contributed by atoms with Crippen LogP contribution in [0.3, 0.4) is 0 Å². The van der Waals surface area contributed by atoms with Crippen LogP contribution in [0.1, 0.15) is 0 Å². The zero-order chi connectivity index (χ0) is 9.35. The second kappa shape index (κ2) is 5.34. The van der Waals surface area contributed by atoms with Gasteiger partial charge in [0.05, 0.1) is 0 Å². The molecule has 1 aromatic heterocycles. The molecule has 0 aliphatic carbocycles. The maximum absolute atomic E-state index is 12.1. The number of aromatic nitrogens is 1. The number of hydrogen-bond donors (Lipinski definition) is 0. The fourth-order valence-corrected chi connectivity index (χ4v) is 1.14. The third-order valence-electron chi connectivity index (χ3n) is 1.20. The van der Waals surface area contributed by atoms with Crippen LogP contribution in [0.5, 0.6) is 0 Å².